The van der Waals surface area contributed by atoms with Crippen LogP contribution in [0.2, 0.25) is 0 Å². The smallest absolute Gasteiger partial charge is 0.0208 e. The van der Waals surface area contributed by atoms with Crippen molar-refractivity contribution >= 4 is 6.08 Å². The van der Waals surface area contributed by atoms with E-state index in [1.807, 2.05) is 7.05 Å². The molecule has 0 spiro atoms. The molecule has 1 nitrogen and oxygen atoms in total. The van der Waals surface area contributed by atoms with E-state index in [0.717, 1.165) is 13.0 Å². The standard InChI is InChI=1S/C13H15N/c1-14-10-12-8-5-7-11-6-3-2-4-9-13(11)12/h2-5,7-9,14H,6,10H2,1H3. The highest BCUT2D eigenvalue weighted by Crippen LogP contribution is 2.19. The minimum Gasteiger partial charge on any atom is -0.316 e. The van der Waals surface area contributed by atoms with E-state index in [1.165, 1.54) is 16.7 Å². The third-order valence-electron chi connectivity index (χ3n) is 2.50. The Balaban J connectivity index is 2.44. The first-order chi connectivity index (χ1) is 6.92. The predicted octanol–water partition coefficient (Wildman–Crippen LogP) is 2.53. The van der Waals surface area contributed by atoms with Crippen LogP contribution in [-0.2, 0) is 13.0 Å². The molecule has 2 rings (SSSR count). The van der Waals surface area contributed by atoms with E-state index in [9.17, 15) is 0 Å². The van der Waals surface area contributed by atoms with Crippen LogP contribution in [0.25, 0.3) is 6.08 Å². The first-order valence-electron chi connectivity index (χ1n) is 5.00. The van der Waals surface area contributed by atoms with Crippen LogP contribution in [0.3, 0.4) is 0 Å². The van der Waals surface area contributed by atoms with E-state index in [4.69, 9.17) is 0 Å². The maximum atomic E-state index is 3.20. The summed E-state index contributed by atoms with van der Waals surface area (Å²) in [6.07, 6.45) is 9.67. The van der Waals surface area contributed by atoms with E-state index in [-0.39, 0.29) is 0 Å². The lowest BCUT2D eigenvalue weighted by atomic mass is 9.99. The van der Waals surface area contributed by atoms with Gasteiger partial charge in [-0.05, 0) is 30.2 Å². The molecule has 0 atom stereocenters. The molecule has 1 aromatic rings. The molecule has 1 N–H and O–H groups in total. The average molecular weight is 185 g/mol. The SMILES string of the molecule is CNCc1cccc2c1C=CC=CC2. The normalized spacial score (nSPS) is 13.8. The van der Waals surface area contributed by atoms with Gasteiger partial charge in [-0.1, -0.05) is 42.5 Å². The summed E-state index contributed by atoms with van der Waals surface area (Å²) in [5, 5.41) is 3.20. The summed E-state index contributed by atoms with van der Waals surface area (Å²) in [6, 6.07) is 6.53. The van der Waals surface area contributed by atoms with Crippen LogP contribution in [0.4, 0.5) is 0 Å². The lowest BCUT2D eigenvalue weighted by Gasteiger charge is -2.09. The molecule has 1 aliphatic rings. The highest BCUT2D eigenvalue weighted by Gasteiger charge is 2.04. The minimum atomic E-state index is 0.938. The molecule has 0 aromatic heterocycles. The van der Waals surface area contributed by atoms with Gasteiger partial charge in [0.1, 0.15) is 0 Å². The Morgan fingerprint density at radius 3 is 3.07 bits per heavy atom. The average Bonchev–Trinajstić information content (AvgIpc) is 2.44. The van der Waals surface area contributed by atoms with Gasteiger partial charge in [0.25, 0.3) is 0 Å². The molecule has 1 aromatic carbocycles. The van der Waals surface area contributed by atoms with Gasteiger partial charge in [0, 0.05) is 6.54 Å². The fourth-order valence-corrected chi connectivity index (χ4v) is 1.83. The number of benzene rings is 1. The van der Waals surface area contributed by atoms with Gasteiger partial charge in [-0.15, -0.1) is 0 Å². The number of rotatable bonds is 2. The fraction of sp³-hybridized carbons (Fsp3) is 0.231. The molecular weight excluding hydrogens is 170 g/mol. The summed E-state index contributed by atoms with van der Waals surface area (Å²) in [5.41, 5.74) is 4.18. The van der Waals surface area contributed by atoms with Crippen molar-refractivity contribution in [1.82, 2.24) is 5.32 Å². The van der Waals surface area contributed by atoms with E-state index < -0.39 is 0 Å². The van der Waals surface area contributed by atoms with E-state index in [0.29, 0.717) is 0 Å². The van der Waals surface area contributed by atoms with Crippen LogP contribution in [0.5, 0.6) is 0 Å². The Bertz CT molecular complexity index is 375. The monoisotopic (exact) mass is 185 g/mol. The molecule has 1 heteroatoms. The van der Waals surface area contributed by atoms with Crippen molar-refractivity contribution in [3.05, 3.63) is 53.1 Å². The molecule has 0 saturated heterocycles. The fourth-order valence-electron chi connectivity index (χ4n) is 1.83. The largest absolute Gasteiger partial charge is 0.316 e. The molecule has 0 amide bonds. The van der Waals surface area contributed by atoms with Gasteiger partial charge >= 0.3 is 0 Å². The van der Waals surface area contributed by atoms with Gasteiger partial charge in [-0.25, -0.2) is 0 Å². The highest BCUT2D eigenvalue weighted by atomic mass is 14.8. The zero-order valence-corrected chi connectivity index (χ0v) is 8.46. The third kappa shape index (κ3) is 1.78. The van der Waals surface area contributed by atoms with Crippen LogP contribution in [0.15, 0.2) is 36.4 Å². The van der Waals surface area contributed by atoms with Gasteiger partial charge in [-0.2, -0.15) is 0 Å². The number of fused-ring (bicyclic) bond motifs is 1. The van der Waals surface area contributed by atoms with E-state index in [2.05, 4.69) is 47.8 Å². The van der Waals surface area contributed by atoms with Crippen LogP contribution < -0.4 is 5.32 Å². The van der Waals surface area contributed by atoms with Crippen molar-refractivity contribution in [3.8, 4) is 0 Å². The Morgan fingerprint density at radius 2 is 2.21 bits per heavy atom. The summed E-state index contributed by atoms with van der Waals surface area (Å²) in [5.74, 6) is 0. The van der Waals surface area contributed by atoms with Crippen LogP contribution in [0.1, 0.15) is 16.7 Å². The second-order valence-electron chi connectivity index (χ2n) is 3.51. The minimum absolute atomic E-state index is 0.938. The molecule has 0 bridgehead atoms. The van der Waals surface area contributed by atoms with Crippen LogP contribution in [0, 0.1) is 0 Å². The van der Waals surface area contributed by atoms with Gasteiger partial charge < -0.3 is 5.32 Å². The Morgan fingerprint density at radius 1 is 1.29 bits per heavy atom. The maximum Gasteiger partial charge on any atom is 0.0208 e. The quantitative estimate of drug-likeness (QED) is 0.746. The molecule has 0 radical (unpaired) electrons. The summed E-state index contributed by atoms with van der Waals surface area (Å²) in [4.78, 5) is 0. The number of allylic oxidation sites excluding steroid dienone is 3. The molecule has 0 aliphatic heterocycles. The van der Waals surface area contributed by atoms with Crippen molar-refractivity contribution < 1.29 is 0 Å². The third-order valence-corrected chi connectivity index (χ3v) is 2.50. The van der Waals surface area contributed by atoms with Crippen molar-refractivity contribution in [1.29, 1.82) is 0 Å². The molecular formula is C13H15N. The van der Waals surface area contributed by atoms with E-state index >= 15 is 0 Å². The van der Waals surface area contributed by atoms with Gasteiger partial charge in [0.2, 0.25) is 0 Å². The second-order valence-corrected chi connectivity index (χ2v) is 3.51. The predicted molar refractivity (Wildman–Crippen MR) is 61.1 cm³/mol. The van der Waals surface area contributed by atoms with Crippen molar-refractivity contribution in [2.24, 2.45) is 0 Å². The summed E-state index contributed by atoms with van der Waals surface area (Å²) in [6.45, 7) is 0.938. The number of nitrogens with one attached hydrogen (secondary N) is 1. The highest BCUT2D eigenvalue weighted by molar-refractivity contribution is 5.61. The zero-order chi connectivity index (χ0) is 9.80. The van der Waals surface area contributed by atoms with Crippen LogP contribution >= 0.6 is 0 Å². The lowest BCUT2D eigenvalue weighted by Crippen LogP contribution is -2.07. The van der Waals surface area contributed by atoms with Crippen LogP contribution in [-0.4, -0.2) is 7.05 Å². The molecule has 0 heterocycles. The maximum absolute atomic E-state index is 3.20. The molecule has 14 heavy (non-hydrogen) atoms. The van der Waals surface area contributed by atoms with Crippen molar-refractivity contribution in [3.63, 3.8) is 0 Å². The van der Waals surface area contributed by atoms with Crippen molar-refractivity contribution in [2.45, 2.75) is 13.0 Å². The molecule has 0 fully saturated rings. The topological polar surface area (TPSA) is 12.0 Å². The molecule has 1 aliphatic carbocycles. The molecule has 72 valence electrons. The lowest BCUT2D eigenvalue weighted by molar-refractivity contribution is 0.815. The number of hydrogen-bond donors (Lipinski definition) is 1. The van der Waals surface area contributed by atoms with Gasteiger partial charge in [-0.3, -0.25) is 0 Å². The van der Waals surface area contributed by atoms with Gasteiger partial charge in [0.15, 0.2) is 0 Å². The Hall–Kier alpha value is -1.34. The summed E-state index contributed by atoms with van der Waals surface area (Å²) < 4.78 is 0. The molecule has 0 unspecified atom stereocenters. The zero-order valence-electron chi connectivity index (χ0n) is 8.46. The first kappa shape index (κ1) is 9.22. The molecule has 0 saturated carbocycles. The van der Waals surface area contributed by atoms with Gasteiger partial charge in [0.05, 0.1) is 0 Å². The second kappa shape index (κ2) is 4.25. The number of hydrogen-bond acceptors (Lipinski definition) is 1. The van der Waals surface area contributed by atoms with Crippen molar-refractivity contribution in [2.75, 3.05) is 7.05 Å². The Labute approximate surface area is 85.2 Å². The first-order valence-corrected chi connectivity index (χ1v) is 5.00. The Kier molecular flexibility index (Phi) is 2.80. The van der Waals surface area contributed by atoms with E-state index in [1.54, 1.807) is 0 Å². The summed E-state index contributed by atoms with van der Waals surface area (Å²) in [7, 11) is 1.98. The summed E-state index contributed by atoms with van der Waals surface area (Å²) >= 11 is 0.